The van der Waals surface area contributed by atoms with Gasteiger partial charge in [0.15, 0.2) is 0 Å². The van der Waals surface area contributed by atoms with Gasteiger partial charge in [-0.1, -0.05) is 12.8 Å². The minimum atomic E-state index is 0.00384. The molecule has 0 atom stereocenters. The van der Waals surface area contributed by atoms with Crippen LogP contribution in [0.15, 0.2) is 24.3 Å². The number of hydrogen-bond acceptors (Lipinski definition) is 3. The predicted molar refractivity (Wildman–Crippen MR) is 101 cm³/mol. The quantitative estimate of drug-likeness (QED) is 0.785. The molecule has 134 valence electrons. The first kappa shape index (κ1) is 17.3. The third-order valence-electron chi connectivity index (χ3n) is 4.67. The van der Waals surface area contributed by atoms with Crippen LogP contribution in [0.2, 0.25) is 0 Å². The lowest BCUT2D eigenvalue weighted by atomic mass is 10.2. The van der Waals surface area contributed by atoms with Crippen LogP contribution in [0, 0.1) is 13.8 Å². The van der Waals surface area contributed by atoms with Gasteiger partial charge in [0.1, 0.15) is 5.82 Å². The Morgan fingerprint density at radius 2 is 1.72 bits per heavy atom. The lowest BCUT2D eigenvalue weighted by molar-refractivity contribution is 0.214. The molecule has 3 rings (SSSR count). The zero-order chi connectivity index (χ0) is 17.6. The van der Waals surface area contributed by atoms with Gasteiger partial charge in [0.2, 0.25) is 0 Å². The van der Waals surface area contributed by atoms with Gasteiger partial charge in [0.05, 0.1) is 12.2 Å². The van der Waals surface area contributed by atoms with Crippen LogP contribution < -0.4 is 10.6 Å². The fourth-order valence-electron chi connectivity index (χ4n) is 3.04. The second-order valence-electron chi connectivity index (χ2n) is 6.66. The topological polar surface area (TPSA) is 73.1 Å². The smallest absolute Gasteiger partial charge is 0.321 e. The van der Waals surface area contributed by atoms with Gasteiger partial charge in [-0.3, -0.25) is 0 Å². The van der Waals surface area contributed by atoms with Crippen molar-refractivity contribution in [3.63, 3.8) is 0 Å². The van der Waals surface area contributed by atoms with E-state index in [-0.39, 0.29) is 6.03 Å². The van der Waals surface area contributed by atoms with Crippen LogP contribution >= 0.6 is 0 Å². The van der Waals surface area contributed by atoms with E-state index in [0.717, 1.165) is 54.5 Å². The summed E-state index contributed by atoms with van der Waals surface area (Å²) in [6.45, 7) is 6.37. The Balaban J connectivity index is 1.52. The number of likely N-dealkylation sites (tertiary alicyclic amines) is 1. The molecule has 25 heavy (non-hydrogen) atoms. The summed E-state index contributed by atoms with van der Waals surface area (Å²) >= 11 is 0. The fourth-order valence-corrected chi connectivity index (χ4v) is 3.04. The lowest BCUT2D eigenvalue weighted by Crippen LogP contribution is -2.35. The van der Waals surface area contributed by atoms with Crippen LogP contribution in [-0.4, -0.2) is 34.0 Å². The third kappa shape index (κ3) is 4.75. The number of aromatic nitrogens is 2. The van der Waals surface area contributed by atoms with Crippen LogP contribution in [-0.2, 0) is 6.54 Å². The van der Waals surface area contributed by atoms with E-state index >= 15 is 0 Å². The molecule has 1 aliphatic rings. The van der Waals surface area contributed by atoms with Crippen molar-refractivity contribution >= 4 is 17.4 Å². The highest BCUT2D eigenvalue weighted by molar-refractivity contribution is 5.89. The first-order chi connectivity index (χ1) is 12.1. The number of carbonyl (C=O) groups excluding carboxylic acids is 1. The summed E-state index contributed by atoms with van der Waals surface area (Å²) in [5, 5.41) is 6.33. The van der Waals surface area contributed by atoms with Crippen molar-refractivity contribution in [2.45, 2.75) is 46.1 Å². The number of H-pyrrole nitrogens is 1. The number of hydrogen-bond donors (Lipinski definition) is 3. The van der Waals surface area contributed by atoms with E-state index in [1.807, 2.05) is 43.0 Å². The standard InChI is InChI=1S/C19H27N5O/c1-14-15(2)22-18(21-14)13-20-16-7-9-17(10-8-16)23-19(25)24-11-5-3-4-6-12-24/h7-10,20H,3-6,11-13H2,1-2H3,(H,21,22)(H,23,25). The first-order valence-electron chi connectivity index (χ1n) is 9.04. The normalized spacial score (nSPS) is 14.9. The Labute approximate surface area is 149 Å². The Bertz CT molecular complexity index is 680. The molecular weight excluding hydrogens is 314 g/mol. The minimum absolute atomic E-state index is 0.00384. The van der Waals surface area contributed by atoms with E-state index in [4.69, 9.17) is 0 Å². The van der Waals surface area contributed by atoms with Gasteiger partial charge in [-0.15, -0.1) is 0 Å². The van der Waals surface area contributed by atoms with Crippen LogP contribution in [0.3, 0.4) is 0 Å². The van der Waals surface area contributed by atoms with E-state index < -0.39 is 0 Å². The molecule has 6 heteroatoms. The summed E-state index contributed by atoms with van der Waals surface area (Å²) in [4.78, 5) is 22.0. The number of aryl methyl sites for hydroxylation is 2. The molecule has 6 nitrogen and oxygen atoms in total. The number of nitrogens with one attached hydrogen (secondary N) is 3. The summed E-state index contributed by atoms with van der Waals surface area (Å²) < 4.78 is 0. The van der Waals surface area contributed by atoms with Gasteiger partial charge in [-0.05, 0) is 51.0 Å². The number of benzene rings is 1. The van der Waals surface area contributed by atoms with Crippen molar-refractivity contribution in [3.05, 3.63) is 41.5 Å². The second kappa shape index (κ2) is 8.05. The van der Waals surface area contributed by atoms with Crippen LogP contribution in [0.4, 0.5) is 16.2 Å². The van der Waals surface area contributed by atoms with Crippen LogP contribution in [0.5, 0.6) is 0 Å². The molecule has 0 saturated carbocycles. The molecule has 1 aliphatic heterocycles. The number of nitrogens with zero attached hydrogens (tertiary/aromatic N) is 2. The van der Waals surface area contributed by atoms with E-state index in [9.17, 15) is 4.79 Å². The van der Waals surface area contributed by atoms with Gasteiger partial charge in [0.25, 0.3) is 0 Å². The molecule has 0 radical (unpaired) electrons. The predicted octanol–water partition coefficient (Wildman–Crippen LogP) is 4.05. The molecular formula is C19H27N5O. The molecule has 0 aliphatic carbocycles. The minimum Gasteiger partial charge on any atom is -0.378 e. The molecule has 1 saturated heterocycles. The molecule has 3 N–H and O–H groups in total. The van der Waals surface area contributed by atoms with E-state index in [0.29, 0.717) is 6.54 Å². The van der Waals surface area contributed by atoms with Crippen molar-refractivity contribution in [3.8, 4) is 0 Å². The summed E-state index contributed by atoms with van der Waals surface area (Å²) in [6.07, 6.45) is 4.64. The lowest BCUT2D eigenvalue weighted by Gasteiger charge is -2.20. The zero-order valence-corrected chi connectivity index (χ0v) is 15.1. The van der Waals surface area contributed by atoms with E-state index in [2.05, 4.69) is 20.6 Å². The van der Waals surface area contributed by atoms with Gasteiger partial charge in [0, 0.05) is 30.2 Å². The van der Waals surface area contributed by atoms with Gasteiger partial charge >= 0.3 is 6.03 Å². The summed E-state index contributed by atoms with van der Waals surface area (Å²) in [7, 11) is 0. The molecule has 2 aromatic rings. The molecule has 2 heterocycles. The molecule has 1 aromatic carbocycles. The number of urea groups is 1. The highest BCUT2D eigenvalue weighted by Gasteiger charge is 2.15. The Kier molecular flexibility index (Phi) is 5.58. The zero-order valence-electron chi connectivity index (χ0n) is 15.1. The van der Waals surface area contributed by atoms with Crippen molar-refractivity contribution < 1.29 is 4.79 Å². The first-order valence-corrected chi connectivity index (χ1v) is 9.04. The fraction of sp³-hybridized carbons (Fsp3) is 0.474. The van der Waals surface area contributed by atoms with E-state index in [1.165, 1.54) is 12.8 Å². The van der Waals surface area contributed by atoms with Gasteiger partial charge < -0.3 is 20.5 Å². The molecule has 1 aromatic heterocycles. The number of aromatic amines is 1. The largest absolute Gasteiger partial charge is 0.378 e. The summed E-state index contributed by atoms with van der Waals surface area (Å²) in [6, 6.07) is 7.80. The SMILES string of the molecule is Cc1nc(CNc2ccc(NC(=O)N3CCCCCC3)cc2)[nH]c1C. The summed E-state index contributed by atoms with van der Waals surface area (Å²) in [5.41, 5.74) is 3.95. The average Bonchev–Trinajstić information content (AvgIpc) is 2.82. The number of rotatable bonds is 4. The Hall–Kier alpha value is -2.50. The van der Waals surface area contributed by atoms with Crippen LogP contribution in [0.25, 0.3) is 0 Å². The van der Waals surface area contributed by atoms with Crippen LogP contribution in [0.1, 0.15) is 42.9 Å². The van der Waals surface area contributed by atoms with E-state index in [1.54, 1.807) is 0 Å². The molecule has 0 unspecified atom stereocenters. The van der Waals surface area contributed by atoms with Crippen molar-refractivity contribution in [1.29, 1.82) is 0 Å². The number of anilines is 2. The number of amides is 2. The van der Waals surface area contributed by atoms with Gasteiger partial charge in [-0.25, -0.2) is 9.78 Å². The Morgan fingerprint density at radius 1 is 1.08 bits per heavy atom. The maximum absolute atomic E-state index is 12.3. The second-order valence-corrected chi connectivity index (χ2v) is 6.66. The molecule has 1 fully saturated rings. The van der Waals surface area contributed by atoms with Crippen molar-refractivity contribution in [2.24, 2.45) is 0 Å². The number of carbonyl (C=O) groups is 1. The molecule has 0 bridgehead atoms. The third-order valence-corrected chi connectivity index (χ3v) is 4.67. The highest BCUT2D eigenvalue weighted by Crippen LogP contribution is 2.16. The maximum Gasteiger partial charge on any atom is 0.321 e. The van der Waals surface area contributed by atoms with Crippen molar-refractivity contribution in [2.75, 3.05) is 23.7 Å². The van der Waals surface area contributed by atoms with Gasteiger partial charge in [-0.2, -0.15) is 0 Å². The van der Waals surface area contributed by atoms with Crippen molar-refractivity contribution in [1.82, 2.24) is 14.9 Å². The monoisotopic (exact) mass is 341 g/mol. The average molecular weight is 341 g/mol. The highest BCUT2D eigenvalue weighted by atomic mass is 16.2. The summed E-state index contributed by atoms with van der Waals surface area (Å²) in [5.74, 6) is 0.925. The molecule has 0 spiro atoms. The molecule has 2 amide bonds. The maximum atomic E-state index is 12.3. The number of imidazole rings is 1. The Morgan fingerprint density at radius 3 is 2.32 bits per heavy atom.